The third-order valence-corrected chi connectivity index (χ3v) is 9.47. The molecule has 1 aliphatic rings. The Morgan fingerprint density at radius 1 is 1.02 bits per heavy atom. The summed E-state index contributed by atoms with van der Waals surface area (Å²) in [6, 6.07) is 8.30. The molecule has 0 bridgehead atoms. The lowest BCUT2D eigenvalue weighted by Crippen LogP contribution is -2.56. The van der Waals surface area contributed by atoms with Crippen molar-refractivity contribution >= 4 is 17.7 Å². The van der Waals surface area contributed by atoms with Crippen molar-refractivity contribution in [3.63, 3.8) is 0 Å². The number of carbonyl (C=O) groups is 3. The zero-order valence-electron chi connectivity index (χ0n) is 28.6. The van der Waals surface area contributed by atoms with Gasteiger partial charge >= 0.3 is 0 Å². The lowest BCUT2D eigenvalue weighted by Gasteiger charge is -2.40. The molecule has 10 nitrogen and oxygen atoms in total. The summed E-state index contributed by atoms with van der Waals surface area (Å²) in [5.74, 6) is -0.832. The van der Waals surface area contributed by atoms with Crippen LogP contribution in [0.15, 0.2) is 30.3 Å². The second-order valence-electron chi connectivity index (χ2n) is 12.7. The van der Waals surface area contributed by atoms with Gasteiger partial charge in [0, 0.05) is 34.9 Å². The number of methoxy groups -OCH3 is 3. The van der Waals surface area contributed by atoms with E-state index in [0.29, 0.717) is 6.54 Å². The molecular formula is C34H58N4O6. The Hall–Kier alpha value is -2.53. The molecule has 0 radical (unpaired) electrons. The quantitative estimate of drug-likeness (QED) is 0.272. The Balaban J connectivity index is 2.19. The van der Waals surface area contributed by atoms with Crippen LogP contribution in [-0.4, -0.2) is 98.8 Å². The normalized spacial score (nSPS) is 20.7. The summed E-state index contributed by atoms with van der Waals surface area (Å²) in [4.78, 5) is 44.1. The summed E-state index contributed by atoms with van der Waals surface area (Å²) < 4.78 is 17.5. The lowest BCUT2D eigenvalue weighted by atomic mass is 9.89. The number of nitrogens with zero attached hydrogens (tertiary/aromatic N) is 2. The van der Waals surface area contributed by atoms with Crippen LogP contribution in [0.25, 0.3) is 0 Å². The van der Waals surface area contributed by atoms with Crippen molar-refractivity contribution in [1.29, 1.82) is 0 Å². The first-order valence-corrected chi connectivity index (χ1v) is 16.1. The predicted molar refractivity (Wildman–Crippen MR) is 173 cm³/mol. The van der Waals surface area contributed by atoms with Crippen LogP contribution in [0.1, 0.15) is 78.9 Å². The number of nitrogens with one attached hydrogen (secondary N) is 1. The number of carbonyl (C=O) groups excluding carboxylic acids is 3. The second-order valence-corrected chi connectivity index (χ2v) is 12.7. The van der Waals surface area contributed by atoms with Gasteiger partial charge in [0.25, 0.3) is 0 Å². The van der Waals surface area contributed by atoms with Crippen molar-refractivity contribution in [3.05, 3.63) is 35.9 Å². The smallest absolute Gasteiger partial charge is 0.239 e. The van der Waals surface area contributed by atoms with Crippen LogP contribution in [0.4, 0.5) is 0 Å². The van der Waals surface area contributed by atoms with E-state index >= 15 is 0 Å². The van der Waals surface area contributed by atoms with Crippen LogP contribution in [0.3, 0.4) is 0 Å². The van der Waals surface area contributed by atoms with E-state index in [2.05, 4.69) is 19.2 Å². The maximum atomic E-state index is 13.9. The van der Waals surface area contributed by atoms with Crippen LogP contribution >= 0.6 is 0 Å². The lowest BCUT2D eigenvalue weighted by molar-refractivity contribution is -0.146. The molecule has 250 valence electrons. The van der Waals surface area contributed by atoms with Crippen LogP contribution in [0.5, 0.6) is 0 Å². The van der Waals surface area contributed by atoms with Crippen LogP contribution in [0, 0.1) is 17.8 Å². The first-order valence-electron chi connectivity index (χ1n) is 16.1. The molecule has 1 heterocycles. The fourth-order valence-corrected chi connectivity index (χ4v) is 6.53. The number of nitrogens with two attached hydrogens (primary N) is 1. The minimum absolute atomic E-state index is 0.0117. The monoisotopic (exact) mass is 618 g/mol. The zero-order valence-corrected chi connectivity index (χ0v) is 28.6. The molecule has 0 saturated carbocycles. The highest BCUT2D eigenvalue weighted by molar-refractivity contribution is 5.83. The van der Waals surface area contributed by atoms with Crippen molar-refractivity contribution in [3.8, 4) is 0 Å². The topological polar surface area (TPSA) is 123 Å². The third-order valence-electron chi connectivity index (χ3n) is 9.47. The number of rotatable bonds is 17. The predicted octanol–water partition coefficient (Wildman–Crippen LogP) is 3.78. The zero-order chi connectivity index (χ0) is 33.1. The molecular weight excluding hydrogens is 560 g/mol. The Morgan fingerprint density at radius 3 is 2.18 bits per heavy atom. The summed E-state index contributed by atoms with van der Waals surface area (Å²) in [7, 11) is 6.57. The Kier molecular flexibility index (Phi) is 15.3. The van der Waals surface area contributed by atoms with Crippen LogP contribution in [-0.2, 0) is 28.6 Å². The van der Waals surface area contributed by atoms with Gasteiger partial charge in [0.15, 0.2) is 0 Å². The minimum Gasteiger partial charge on any atom is -0.379 e. The van der Waals surface area contributed by atoms with Crippen molar-refractivity contribution in [1.82, 2.24) is 15.1 Å². The molecule has 1 aromatic carbocycles. The molecule has 10 heteroatoms. The Morgan fingerprint density at radius 2 is 1.66 bits per heavy atom. The van der Waals surface area contributed by atoms with Gasteiger partial charge < -0.3 is 35.1 Å². The van der Waals surface area contributed by atoms with Crippen molar-refractivity contribution in [2.24, 2.45) is 23.5 Å². The fourth-order valence-electron chi connectivity index (χ4n) is 6.53. The second kappa shape index (κ2) is 17.8. The van der Waals surface area contributed by atoms with Gasteiger partial charge in [-0.2, -0.15) is 0 Å². The van der Waals surface area contributed by atoms with E-state index in [1.807, 2.05) is 62.9 Å². The Bertz CT molecular complexity index is 1040. The standard InChI is InChI=1S/C34H58N4O6/c1-11-22(4)30(37(7)34(41)29(35)21(2)3)27(42-8)20-28(39)38-19-15-18-26(38)31(43-9)23(5)33(40)36-24(6)32(44-10)25-16-13-12-14-17-25/h12-14,16-17,21-24,26-27,29-32H,11,15,18-20,35H2,1-10H3,(H,36,40)/t22-,23+,24+,26-,27+,29-,30-,31+,32+/m0/s1. The molecule has 2 rings (SSSR count). The number of benzene rings is 1. The molecule has 0 aliphatic carbocycles. The molecule has 1 saturated heterocycles. The highest BCUT2D eigenvalue weighted by atomic mass is 16.5. The van der Waals surface area contributed by atoms with E-state index in [1.165, 1.54) is 0 Å². The van der Waals surface area contributed by atoms with E-state index < -0.39 is 24.2 Å². The molecule has 1 aromatic rings. The molecule has 3 N–H and O–H groups in total. The number of ether oxygens (including phenoxy) is 3. The number of amides is 3. The average molecular weight is 619 g/mol. The number of likely N-dealkylation sites (tertiary alicyclic amines) is 1. The molecule has 3 amide bonds. The van der Waals surface area contributed by atoms with Gasteiger partial charge in [0.2, 0.25) is 17.7 Å². The number of likely N-dealkylation sites (N-methyl/N-ethyl adjacent to an activating group) is 1. The van der Waals surface area contributed by atoms with E-state index in [-0.39, 0.29) is 60.2 Å². The van der Waals surface area contributed by atoms with Crippen LogP contribution in [0.2, 0.25) is 0 Å². The summed E-state index contributed by atoms with van der Waals surface area (Å²) in [5.41, 5.74) is 7.21. The molecule has 1 aliphatic heterocycles. The molecule has 0 spiro atoms. The van der Waals surface area contributed by atoms with Crippen LogP contribution < -0.4 is 11.1 Å². The maximum Gasteiger partial charge on any atom is 0.239 e. The van der Waals surface area contributed by atoms with Crippen molar-refractivity contribution in [2.45, 2.75) is 110 Å². The highest BCUT2D eigenvalue weighted by Crippen LogP contribution is 2.30. The molecule has 0 aromatic heterocycles. The maximum absolute atomic E-state index is 13.9. The number of hydrogen-bond acceptors (Lipinski definition) is 7. The Labute approximate surface area is 265 Å². The summed E-state index contributed by atoms with van der Waals surface area (Å²) in [6.45, 7) is 12.3. The third kappa shape index (κ3) is 9.25. The van der Waals surface area contributed by atoms with Gasteiger partial charge in [0.05, 0.1) is 48.7 Å². The summed E-state index contributed by atoms with van der Waals surface area (Å²) >= 11 is 0. The van der Waals surface area contributed by atoms with Gasteiger partial charge in [-0.1, -0.05) is 71.4 Å². The molecule has 1 fully saturated rings. The first kappa shape index (κ1) is 37.7. The first-order chi connectivity index (χ1) is 20.8. The average Bonchev–Trinajstić information content (AvgIpc) is 3.50. The molecule has 9 atom stereocenters. The van der Waals surface area contributed by atoms with Gasteiger partial charge in [0.1, 0.15) is 6.10 Å². The van der Waals surface area contributed by atoms with E-state index in [4.69, 9.17) is 19.9 Å². The van der Waals surface area contributed by atoms with E-state index in [9.17, 15) is 14.4 Å². The minimum atomic E-state index is -0.632. The van der Waals surface area contributed by atoms with Gasteiger partial charge in [-0.25, -0.2) is 0 Å². The van der Waals surface area contributed by atoms with Gasteiger partial charge in [-0.05, 0) is 37.2 Å². The summed E-state index contributed by atoms with van der Waals surface area (Å²) in [5, 5.41) is 3.11. The number of hydrogen-bond donors (Lipinski definition) is 2. The van der Waals surface area contributed by atoms with E-state index in [0.717, 1.165) is 24.8 Å². The largest absolute Gasteiger partial charge is 0.379 e. The van der Waals surface area contributed by atoms with Crippen molar-refractivity contribution < 1.29 is 28.6 Å². The fraction of sp³-hybridized carbons (Fsp3) is 0.735. The SMILES string of the molecule is CC[C@H](C)[C@@H]([C@@H](CC(=O)N1CCC[C@H]1[C@H](OC)[C@@H](C)C(=O)N[C@H](C)[C@@H](OC)c1ccccc1)OC)N(C)C(=O)[C@@H](N)C(C)C. The van der Waals surface area contributed by atoms with Gasteiger partial charge in [-0.15, -0.1) is 0 Å². The summed E-state index contributed by atoms with van der Waals surface area (Å²) in [6.07, 6.45) is 1.15. The highest BCUT2D eigenvalue weighted by Gasteiger charge is 2.42. The van der Waals surface area contributed by atoms with Gasteiger partial charge in [-0.3, -0.25) is 14.4 Å². The van der Waals surface area contributed by atoms with E-state index in [1.54, 1.807) is 33.3 Å². The van der Waals surface area contributed by atoms with Crippen molar-refractivity contribution in [2.75, 3.05) is 34.9 Å². The molecule has 0 unspecified atom stereocenters. The molecule has 44 heavy (non-hydrogen) atoms.